The van der Waals surface area contributed by atoms with E-state index in [4.69, 9.17) is 10.2 Å². The van der Waals surface area contributed by atoms with E-state index in [0.717, 1.165) is 11.1 Å². The summed E-state index contributed by atoms with van der Waals surface area (Å²) >= 11 is 0. The van der Waals surface area contributed by atoms with Crippen molar-refractivity contribution in [2.75, 3.05) is 6.61 Å². The molecule has 0 aromatic heterocycles. The van der Waals surface area contributed by atoms with Gasteiger partial charge in [-0.2, -0.15) is 0 Å². The van der Waals surface area contributed by atoms with Gasteiger partial charge in [-0.05, 0) is 17.5 Å². The van der Waals surface area contributed by atoms with Gasteiger partial charge in [-0.15, -0.1) is 0 Å². The highest BCUT2D eigenvalue weighted by molar-refractivity contribution is 5.70. The quantitative estimate of drug-likeness (QED) is 0.771. The average molecular weight is 206 g/mol. The molecule has 0 bridgehead atoms. The zero-order chi connectivity index (χ0) is 11.1. The lowest BCUT2D eigenvalue weighted by atomic mass is 10.1. The van der Waals surface area contributed by atoms with Crippen molar-refractivity contribution in [1.82, 2.24) is 0 Å². The van der Waals surface area contributed by atoms with Crippen LogP contribution in [-0.4, -0.2) is 22.8 Å². The number of hydrogen-bond acceptors (Lipinski definition) is 2. The molecule has 0 saturated heterocycles. The highest BCUT2D eigenvalue weighted by atomic mass is 16.4. The predicted molar refractivity (Wildman–Crippen MR) is 58.5 cm³/mol. The molecular weight excluding hydrogens is 192 g/mol. The summed E-state index contributed by atoms with van der Waals surface area (Å²) in [4.78, 5) is 10.5. The fraction of sp³-hybridized carbons (Fsp3) is 0.250. The number of aliphatic carboxylic acids is 1. The van der Waals surface area contributed by atoms with Crippen molar-refractivity contribution in [1.29, 1.82) is 0 Å². The number of rotatable bonds is 5. The van der Waals surface area contributed by atoms with Gasteiger partial charge in [-0.1, -0.05) is 36.4 Å². The maximum absolute atomic E-state index is 10.5. The number of aliphatic hydroxyl groups excluding tert-OH is 1. The molecule has 0 saturated carbocycles. The molecule has 0 radical (unpaired) electrons. The Morgan fingerprint density at radius 1 is 1.40 bits per heavy atom. The third kappa shape index (κ3) is 4.42. The van der Waals surface area contributed by atoms with Crippen LogP contribution in [0.4, 0.5) is 0 Å². The van der Waals surface area contributed by atoms with Crippen LogP contribution >= 0.6 is 0 Å². The molecule has 1 rings (SSSR count). The fourth-order valence-electron chi connectivity index (χ4n) is 1.28. The highest BCUT2D eigenvalue weighted by Gasteiger charge is 1.99. The summed E-state index contributed by atoms with van der Waals surface area (Å²) in [5.74, 6) is -0.827. The lowest BCUT2D eigenvalue weighted by Crippen LogP contribution is -1.99. The van der Waals surface area contributed by atoms with Gasteiger partial charge in [0.15, 0.2) is 0 Å². The van der Waals surface area contributed by atoms with E-state index in [9.17, 15) is 4.79 Å². The Hall–Kier alpha value is -1.61. The molecular formula is C12H14O3. The standard InChI is InChI=1S/C12H14O3/c13-7-2-1-4-10-5-3-6-11(8-10)9-12(14)15/h1,3-6,8,13H,2,7,9H2,(H,14,15). The van der Waals surface area contributed by atoms with Gasteiger partial charge in [0.1, 0.15) is 0 Å². The maximum Gasteiger partial charge on any atom is 0.307 e. The SMILES string of the molecule is O=C(O)Cc1cccc(C=CCCO)c1. The second-order valence-electron chi connectivity index (χ2n) is 3.23. The Kier molecular flexibility index (Phi) is 4.57. The first-order valence-corrected chi connectivity index (χ1v) is 4.80. The first-order valence-electron chi connectivity index (χ1n) is 4.80. The molecule has 0 atom stereocenters. The van der Waals surface area contributed by atoms with Crippen LogP contribution in [0.5, 0.6) is 0 Å². The van der Waals surface area contributed by atoms with E-state index in [1.807, 2.05) is 30.4 Å². The Balaban J connectivity index is 2.69. The number of carboxylic acid groups (broad SMARTS) is 1. The summed E-state index contributed by atoms with van der Waals surface area (Å²) in [6.07, 6.45) is 4.40. The number of hydrogen-bond donors (Lipinski definition) is 2. The van der Waals surface area contributed by atoms with Crippen LogP contribution in [0.15, 0.2) is 30.3 Å². The van der Waals surface area contributed by atoms with E-state index >= 15 is 0 Å². The van der Waals surface area contributed by atoms with Gasteiger partial charge >= 0.3 is 5.97 Å². The normalized spacial score (nSPS) is 10.7. The van der Waals surface area contributed by atoms with E-state index < -0.39 is 5.97 Å². The van der Waals surface area contributed by atoms with E-state index in [1.54, 1.807) is 6.07 Å². The largest absolute Gasteiger partial charge is 0.481 e. The minimum Gasteiger partial charge on any atom is -0.481 e. The molecule has 2 N–H and O–H groups in total. The number of aliphatic hydroxyl groups is 1. The van der Waals surface area contributed by atoms with Crippen molar-refractivity contribution in [3.63, 3.8) is 0 Å². The summed E-state index contributed by atoms with van der Waals surface area (Å²) in [5.41, 5.74) is 1.75. The van der Waals surface area contributed by atoms with Gasteiger partial charge < -0.3 is 10.2 Å². The Morgan fingerprint density at radius 2 is 2.20 bits per heavy atom. The second kappa shape index (κ2) is 5.98. The Morgan fingerprint density at radius 3 is 2.87 bits per heavy atom. The van der Waals surface area contributed by atoms with Crippen LogP contribution in [0.2, 0.25) is 0 Å². The lowest BCUT2D eigenvalue weighted by molar-refractivity contribution is -0.136. The molecule has 0 aliphatic carbocycles. The minimum atomic E-state index is -0.827. The van der Waals surface area contributed by atoms with Crippen LogP contribution in [0.25, 0.3) is 6.08 Å². The first kappa shape index (κ1) is 11.5. The second-order valence-corrected chi connectivity index (χ2v) is 3.23. The molecule has 15 heavy (non-hydrogen) atoms. The van der Waals surface area contributed by atoms with Crippen molar-refractivity contribution < 1.29 is 15.0 Å². The molecule has 0 aliphatic rings. The molecule has 0 amide bonds. The maximum atomic E-state index is 10.5. The molecule has 0 fully saturated rings. The molecule has 0 aliphatic heterocycles. The molecule has 0 spiro atoms. The highest BCUT2D eigenvalue weighted by Crippen LogP contribution is 2.08. The van der Waals surface area contributed by atoms with Crippen LogP contribution in [0, 0.1) is 0 Å². The van der Waals surface area contributed by atoms with Gasteiger partial charge in [-0.25, -0.2) is 0 Å². The van der Waals surface area contributed by atoms with Crippen LogP contribution in [0.3, 0.4) is 0 Å². The topological polar surface area (TPSA) is 57.5 Å². The van der Waals surface area contributed by atoms with Gasteiger partial charge in [0.05, 0.1) is 6.42 Å². The first-order chi connectivity index (χ1) is 7.22. The van der Waals surface area contributed by atoms with Crippen LogP contribution < -0.4 is 0 Å². The fourth-order valence-corrected chi connectivity index (χ4v) is 1.28. The molecule has 3 heteroatoms. The third-order valence-electron chi connectivity index (χ3n) is 1.91. The Bertz CT molecular complexity index is 356. The van der Waals surface area contributed by atoms with Crippen molar-refractivity contribution in [3.8, 4) is 0 Å². The van der Waals surface area contributed by atoms with E-state index in [1.165, 1.54) is 0 Å². The van der Waals surface area contributed by atoms with Crippen molar-refractivity contribution >= 4 is 12.0 Å². The summed E-state index contributed by atoms with van der Waals surface area (Å²) in [5, 5.41) is 17.2. The van der Waals surface area contributed by atoms with E-state index in [2.05, 4.69) is 0 Å². The molecule has 1 aromatic carbocycles. The van der Waals surface area contributed by atoms with E-state index in [0.29, 0.717) is 6.42 Å². The summed E-state index contributed by atoms with van der Waals surface area (Å²) in [6, 6.07) is 7.36. The van der Waals surface area contributed by atoms with Crippen LogP contribution in [0.1, 0.15) is 17.5 Å². The van der Waals surface area contributed by atoms with Crippen LogP contribution in [-0.2, 0) is 11.2 Å². The lowest BCUT2D eigenvalue weighted by Gasteiger charge is -1.98. The van der Waals surface area contributed by atoms with Gasteiger partial charge in [0.25, 0.3) is 0 Å². The Labute approximate surface area is 88.7 Å². The monoisotopic (exact) mass is 206 g/mol. The molecule has 0 heterocycles. The zero-order valence-electron chi connectivity index (χ0n) is 8.39. The summed E-state index contributed by atoms with van der Waals surface area (Å²) < 4.78 is 0. The number of carboxylic acids is 1. The summed E-state index contributed by atoms with van der Waals surface area (Å²) in [7, 11) is 0. The smallest absolute Gasteiger partial charge is 0.307 e. The minimum absolute atomic E-state index is 0.0433. The third-order valence-corrected chi connectivity index (χ3v) is 1.91. The van der Waals surface area contributed by atoms with Crippen molar-refractivity contribution in [2.45, 2.75) is 12.8 Å². The predicted octanol–water partition coefficient (Wildman–Crippen LogP) is 1.71. The molecule has 3 nitrogen and oxygen atoms in total. The van der Waals surface area contributed by atoms with Crippen molar-refractivity contribution in [3.05, 3.63) is 41.5 Å². The molecule has 1 aromatic rings. The molecule has 80 valence electrons. The van der Waals surface area contributed by atoms with Crippen molar-refractivity contribution in [2.24, 2.45) is 0 Å². The zero-order valence-corrected chi connectivity index (χ0v) is 8.39. The van der Waals surface area contributed by atoms with Gasteiger partial charge in [0.2, 0.25) is 0 Å². The summed E-state index contributed by atoms with van der Waals surface area (Å²) in [6.45, 7) is 0.130. The number of carbonyl (C=O) groups is 1. The average Bonchev–Trinajstić information content (AvgIpc) is 2.18. The van der Waals surface area contributed by atoms with Gasteiger partial charge in [0, 0.05) is 6.61 Å². The number of benzene rings is 1. The molecule has 0 unspecified atom stereocenters. The van der Waals surface area contributed by atoms with Gasteiger partial charge in [-0.3, -0.25) is 4.79 Å². The van der Waals surface area contributed by atoms with E-state index in [-0.39, 0.29) is 13.0 Å².